The van der Waals surface area contributed by atoms with Gasteiger partial charge in [-0.15, -0.1) is 0 Å². The Labute approximate surface area is 156 Å². The third-order valence-corrected chi connectivity index (χ3v) is 6.36. The van der Waals surface area contributed by atoms with Gasteiger partial charge in [0.05, 0.1) is 10.5 Å². The fourth-order valence-electron chi connectivity index (χ4n) is 3.17. The lowest BCUT2D eigenvalue weighted by atomic mass is 10.0. The number of carbonyl (C=O) groups excluding carboxylic acids is 1. The van der Waals surface area contributed by atoms with Gasteiger partial charge in [0, 0.05) is 23.7 Å². The van der Waals surface area contributed by atoms with E-state index in [9.17, 15) is 18.3 Å². The molecule has 0 aliphatic carbocycles. The molecular formula is C20H15N2O4S-. The predicted molar refractivity (Wildman–Crippen MR) is 101 cm³/mol. The normalized spacial score (nSPS) is 15.5. The number of nitrogens with zero attached hydrogens (tertiary/aromatic N) is 1. The molecule has 1 N–H and O–H groups in total. The zero-order valence-electron chi connectivity index (χ0n) is 14.3. The van der Waals surface area contributed by atoms with Crippen molar-refractivity contribution in [3.05, 3.63) is 78.2 Å². The van der Waals surface area contributed by atoms with Crippen molar-refractivity contribution < 1.29 is 18.3 Å². The molecule has 1 aliphatic heterocycles. The summed E-state index contributed by atoms with van der Waals surface area (Å²) in [4.78, 5) is 12.9. The molecule has 6 nitrogen and oxygen atoms in total. The van der Waals surface area contributed by atoms with Gasteiger partial charge in [-0.25, -0.2) is 8.42 Å². The van der Waals surface area contributed by atoms with Crippen molar-refractivity contribution in [1.82, 2.24) is 4.31 Å². The first kappa shape index (κ1) is 17.1. The molecule has 0 saturated carbocycles. The van der Waals surface area contributed by atoms with Gasteiger partial charge in [-0.3, -0.25) is 9.10 Å². The Morgan fingerprint density at radius 2 is 1.63 bits per heavy atom. The molecule has 1 amide bonds. The molecule has 0 spiro atoms. The molecule has 27 heavy (non-hydrogen) atoms. The van der Waals surface area contributed by atoms with E-state index in [1.54, 1.807) is 24.3 Å². The fraction of sp³-hybridized carbons (Fsp3) is 0.0500. The minimum atomic E-state index is -3.96. The third kappa shape index (κ3) is 2.63. The zero-order chi connectivity index (χ0) is 19.2. The first-order chi connectivity index (χ1) is 12.9. The van der Waals surface area contributed by atoms with Crippen molar-refractivity contribution >= 4 is 38.0 Å². The van der Waals surface area contributed by atoms with Gasteiger partial charge in [0.15, 0.2) is 0 Å². The quantitative estimate of drug-likeness (QED) is 0.739. The van der Waals surface area contributed by atoms with Crippen molar-refractivity contribution in [3.63, 3.8) is 0 Å². The Balaban J connectivity index is 1.83. The highest BCUT2D eigenvalue weighted by molar-refractivity contribution is 7.89. The van der Waals surface area contributed by atoms with Crippen molar-refractivity contribution in [3.8, 4) is 0 Å². The summed E-state index contributed by atoms with van der Waals surface area (Å²) in [5.41, 5.74) is 0.459. The maximum atomic E-state index is 13.0. The van der Waals surface area contributed by atoms with E-state index in [0.29, 0.717) is 9.99 Å². The molecule has 7 heteroatoms. The van der Waals surface area contributed by atoms with E-state index < -0.39 is 21.8 Å². The highest BCUT2D eigenvalue weighted by Crippen LogP contribution is 2.34. The van der Waals surface area contributed by atoms with Gasteiger partial charge in [0.2, 0.25) is 0 Å². The topological polar surface area (TPSA) is 89.5 Å². The second-order valence-corrected chi connectivity index (χ2v) is 8.07. The summed E-state index contributed by atoms with van der Waals surface area (Å²) < 4.78 is 25.6. The molecule has 1 aliphatic rings. The van der Waals surface area contributed by atoms with Gasteiger partial charge < -0.3 is 10.4 Å². The van der Waals surface area contributed by atoms with Gasteiger partial charge in [-0.2, -0.15) is 0 Å². The van der Waals surface area contributed by atoms with Crippen LogP contribution in [0.5, 0.6) is 0 Å². The van der Waals surface area contributed by atoms with E-state index in [2.05, 4.69) is 5.32 Å². The maximum Gasteiger partial charge on any atom is 0.263 e. The molecule has 0 fully saturated rings. The van der Waals surface area contributed by atoms with Gasteiger partial charge in [0.25, 0.3) is 15.9 Å². The lowest BCUT2D eigenvalue weighted by Gasteiger charge is -2.34. The highest BCUT2D eigenvalue weighted by atomic mass is 32.2. The summed E-state index contributed by atoms with van der Waals surface area (Å²) in [6.45, 7) is 0. The molecule has 0 bridgehead atoms. The largest absolute Gasteiger partial charge is 0.859 e. The minimum absolute atomic E-state index is 0.0600. The monoisotopic (exact) mass is 379 g/mol. The van der Waals surface area contributed by atoms with Crippen LogP contribution in [0.15, 0.2) is 77.5 Å². The van der Waals surface area contributed by atoms with Crippen molar-refractivity contribution in [2.45, 2.75) is 4.90 Å². The van der Waals surface area contributed by atoms with Gasteiger partial charge in [0.1, 0.15) is 0 Å². The highest BCUT2D eigenvalue weighted by Gasteiger charge is 2.33. The SMILES string of the molecule is CN1C([O-])=C(C(=O)Nc2cccc3ccccc23)c2ccccc2S1(=O)=O. The summed E-state index contributed by atoms with van der Waals surface area (Å²) >= 11 is 0. The Kier molecular flexibility index (Phi) is 3.89. The number of hydrogen-bond donors (Lipinski definition) is 1. The molecule has 3 aromatic rings. The number of carbonyl (C=O) groups is 1. The number of hydrogen-bond acceptors (Lipinski definition) is 4. The van der Waals surface area contributed by atoms with E-state index in [1.165, 1.54) is 12.1 Å². The van der Waals surface area contributed by atoms with Crippen LogP contribution in [0.25, 0.3) is 16.3 Å². The Bertz CT molecular complexity index is 1210. The van der Waals surface area contributed by atoms with Crippen molar-refractivity contribution in [2.75, 3.05) is 12.4 Å². The van der Waals surface area contributed by atoms with Gasteiger partial charge >= 0.3 is 0 Å². The Morgan fingerprint density at radius 1 is 0.963 bits per heavy atom. The first-order valence-corrected chi connectivity index (χ1v) is 9.64. The number of rotatable bonds is 2. The number of amides is 1. The molecular weight excluding hydrogens is 364 g/mol. The van der Waals surface area contributed by atoms with Crippen LogP contribution in [-0.4, -0.2) is 25.7 Å². The molecule has 0 saturated heterocycles. The summed E-state index contributed by atoms with van der Waals surface area (Å²) in [6, 6.07) is 19.0. The predicted octanol–water partition coefficient (Wildman–Crippen LogP) is 2.14. The molecule has 3 aromatic carbocycles. The van der Waals surface area contributed by atoms with Crippen LogP contribution < -0.4 is 10.4 Å². The fourth-order valence-corrected chi connectivity index (χ4v) is 4.47. The van der Waals surface area contributed by atoms with Crippen LogP contribution >= 0.6 is 0 Å². The molecule has 4 rings (SSSR count). The summed E-state index contributed by atoms with van der Waals surface area (Å²) in [6.07, 6.45) is 0. The molecule has 0 aromatic heterocycles. The van der Waals surface area contributed by atoms with Crippen molar-refractivity contribution in [1.29, 1.82) is 0 Å². The summed E-state index contributed by atoms with van der Waals surface area (Å²) in [7, 11) is -2.81. The van der Waals surface area contributed by atoms with Crippen LogP contribution in [-0.2, 0) is 14.8 Å². The molecule has 0 atom stereocenters. The standard InChI is InChI=1S/C20H16N2O4S/c1-22-20(24)18(15-10-4-5-12-17(15)27(22,25)26)19(23)21-16-11-6-8-13-7-2-3-9-14(13)16/h2-12,24H,1H3,(H,21,23)/p-1. The zero-order valence-corrected chi connectivity index (χ0v) is 15.2. The molecule has 0 radical (unpaired) electrons. The first-order valence-electron chi connectivity index (χ1n) is 8.20. The van der Waals surface area contributed by atoms with Crippen LogP contribution in [0, 0.1) is 0 Å². The number of benzene rings is 3. The molecule has 136 valence electrons. The number of nitrogens with one attached hydrogen (secondary N) is 1. The van der Waals surface area contributed by atoms with E-state index >= 15 is 0 Å². The third-order valence-electron chi connectivity index (χ3n) is 4.56. The van der Waals surface area contributed by atoms with Gasteiger partial charge in [-0.1, -0.05) is 54.6 Å². The van der Waals surface area contributed by atoms with E-state index in [-0.39, 0.29) is 16.0 Å². The average Bonchev–Trinajstić information content (AvgIpc) is 2.67. The van der Waals surface area contributed by atoms with E-state index in [0.717, 1.165) is 17.8 Å². The maximum absolute atomic E-state index is 13.0. The van der Waals surface area contributed by atoms with Crippen LogP contribution in [0.3, 0.4) is 0 Å². The van der Waals surface area contributed by atoms with Crippen molar-refractivity contribution in [2.24, 2.45) is 0 Å². The Hall–Kier alpha value is -3.32. The van der Waals surface area contributed by atoms with Crippen LogP contribution in [0.2, 0.25) is 0 Å². The molecule has 1 heterocycles. The van der Waals surface area contributed by atoms with E-state index in [1.807, 2.05) is 30.3 Å². The smallest absolute Gasteiger partial charge is 0.263 e. The van der Waals surface area contributed by atoms with Crippen LogP contribution in [0.4, 0.5) is 5.69 Å². The lowest BCUT2D eigenvalue weighted by molar-refractivity contribution is -0.321. The second kappa shape index (κ2) is 6.14. The number of fused-ring (bicyclic) bond motifs is 2. The lowest BCUT2D eigenvalue weighted by Crippen LogP contribution is -2.39. The van der Waals surface area contributed by atoms with Gasteiger partial charge in [-0.05, 0) is 23.4 Å². The summed E-state index contributed by atoms with van der Waals surface area (Å²) in [5.74, 6) is -1.50. The number of sulfonamides is 1. The Morgan fingerprint density at radius 3 is 2.44 bits per heavy atom. The average molecular weight is 379 g/mol. The molecule has 0 unspecified atom stereocenters. The summed E-state index contributed by atoms with van der Waals surface area (Å²) in [5, 5.41) is 17.2. The minimum Gasteiger partial charge on any atom is -0.859 e. The van der Waals surface area contributed by atoms with Crippen LogP contribution in [0.1, 0.15) is 5.56 Å². The number of anilines is 1. The second-order valence-electron chi connectivity index (χ2n) is 6.13. The van der Waals surface area contributed by atoms with E-state index in [4.69, 9.17) is 0 Å².